The standard InChI is InChI=1S/C18H17FN4O4S/c1-11-12(2)22-27-17(11)23-28(25,26)14-9-7-13(8-10-14)20-18(24)21-16-6-4-3-5-15(16)19/h3-10,23H,1-2H3,(H2,20,21,24). The maximum Gasteiger partial charge on any atom is 0.323 e. The summed E-state index contributed by atoms with van der Waals surface area (Å²) >= 11 is 0. The summed E-state index contributed by atoms with van der Waals surface area (Å²) < 4.78 is 45.7. The van der Waals surface area contributed by atoms with E-state index >= 15 is 0 Å². The topological polar surface area (TPSA) is 113 Å². The number of para-hydroxylation sites is 1. The maximum absolute atomic E-state index is 13.6. The van der Waals surface area contributed by atoms with Crippen LogP contribution in [0.2, 0.25) is 0 Å². The van der Waals surface area contributed by atoms with Gasteiger partial charge in [-0.1, -0.05) is 17.3 Å². The Labute approximate surface area is 160 Å². The molecule has 0 aliphatic rings. The highest BCUT2D eigenvalue weighted by Gasteiger charge is 2.19. The number of anilines is 3. The van der Waals surface area contributed by atoms with Crippen LogP contribution in [0.1, 0.15) is 11.3 Å². The number of halogens is 1. The van der Waals surface area contributed by atoms with Crippen LogP contribution in [0.3, 0.4) is 0 Å². The summed E-state index contributed by atoms with van der Waals surface area (Å²) in [6, 6.07) is 10.5. The fraction of sp³-hybridized carbons (Fsp3) is 0.111. The van der Waals surface area contributed by atoms with E-state index in [1.54, 1.807) is 19.9 Å². The average Bonchev–Trinajstić information content (AvgIpc) is 2.96. The summed E-state index contributed by atoms with van der Waals surface area (Å²) in [5, 5.41) is 8.57. The molecule has 0 fully saturated rings. The molecule has 0 spiro atoms. The molecular weight excluding hydrogens is 387 g/mol. The molecule has 0 bridgehead atoms. The SMILES string of the molecule is Cc1noc(NS(=O)(=O)c2ccc(NC(=O)Nc3ccccc3F)cc2)c1C. The van der Waals surface area contributed by atoms with Gasteiger partial charge in [0.2, 0.25) is 5.88 Å². The highest BCUT2D eigenvalue weighted by Crippen LogP contribution is 2.22. The number of hydrogen-bond donors (Lipinski definition) is 3. The van der Waals surface area contributed by atoms with Crippen molar-refractivity contribution in [2.24, 2.45) is 0 Å². The van der Waals surface area contributed by atoms with E-state index in [-0.39, 0.29) is 16.5 Å². The molecule has 3 N–H and O–H groups in total. The number of carbonyl (C=O) groups is 1. The Bertz CT molecular complexity index is 1110. The van der Waals surface area contributed by atoms with Gasteiger partial charge in [0.1, 0.15) is 5.82 Å². The van der Waals surface area contributed by atoms with Gasteiger partial charge >= 0.3 is 6.03 Å². The van der Waals surface area contributed by atoms with Crippen molar-refractivity contribution in [1.82, 2.24) is 5.16 Å². The minimum atomic E-state index is -3.88. The second-order valence-electron chi connectivity index (χ2n) is 5.91. The number of aromatic nitrogens is 1. The van der Waals surface area contributed by atoms with E-state index in [1.165, 1.54) is 42.5 Å². The lowest BCUT2D eigenvalue weighted by Gasteiger charge is -2.09. The number of amides is 2. The summed E-state index contributed by atoms with van der Waals surface area (Å²) in [6.07, 6.45) is 0. The van der Waals surface area contributed by atoms with Crippen molar-refractivity contribution in [2.75, 3.05) is 15.4 Å². The third-order valence-electron chi connectivity index (χ3n) is 3.93. The zero-order valence-electron chi connectivity index (χ0n) is 15.0. The number of benzene rings is 2. The molecule has 28 heavy (non-hydrogen) atoms. The van der Waals surface area contributed by atoms with Gasteiger partial charge in [0.05, 0.1) is 16.3 Å². The van der Waals surface area contributed by atoms with E-state index in [2.05, 4.69) is 20.5 Å². The second kappa shape index (κ2) is 7.69. The Kier molecular flexibility index (Phi) is 5.32. The van der Waals surface area contributed by atoms with Gasteiger partial charge in [0.25, 0.3) is 10.0 Å². The minimum Gasteiger partial charge on any atom is -0.337 e. The van der Waals surface area contributed by atoms with Crippen molar-refractivity contribution in [1.29, 1.82) is 0 Å². The number of carbonyl (C=O) groups excluding carboxylic acids is 1. The van der Waals surface area contributed by atoms with E-state index in [0.717, 1.165) is 0 Å². The fourth-order valence-electron chi connectivity index (χ4n) is 2.26. The number of rotatable bonds is 5. The molecule has 1 heterocycles. The predicted octanol–water partition coefficient (Wildman–Crippen LogP) is 3.88. The van der Waals surface area contributed by atoms with Crippen molar-refractivity contribution < 1.29 is 22.1 Å². The monoisotopic (exact) mass is 404 g/mol. The molecule has 1 aromatic heterocycles. The molecular formula is C18H17FN4O4S. The van der Waals surface area contributed by atoms with Crippen LogP contribution >= 0.6 is 0 Å². The van der Waals surface area contributed by atoms with Crippen LogP contribution in [0.25, 0.3) is 0 Å². The Morgan fingerprint density at radius 1 is 1.04 bits per heavy atom. The first-order valence-electron chi connectivity index (χ1n) is 8.14. The van der Waals surface area contributed by atoms with Crippen LogP contribution in [-0.2, 0) is 10.0 Å². The highest BCUT2D eigenvalue weighted by molar-refractivity contribution is 7.92. The first kappa shape index (κ1) is 19.4. The van der Waals surface area contributed by atoms with Crippen molar-refractivity contribution in [3.05, 3.63) is 65.6 Å². The van der Waals surface area contributed by atoms with Crippen LogP contribution in [0.5, 0.6) is 0 Å². The smallest absolute Gasteiger partial charge is 0.323 e. The van der Waals surface area contributed by atoms with Gasteiger partial charge in [-0.2, -0.15) is 0 Å². The number of aryl methyl sites for hydroxylation is 1. The Hall–Kier alpha value is -3.40. The largest absolute Gasteiger partial charge is 0.337 e. The molecule has 146 valence electrons. The van der Waals surface area contributed by atoms with Gasteiger partial charge in [-0.15, -0.1) is 0 Å². The number of nitrogens with zero attached hydrogens (tertiary/aromatic N) is 1. The molecule has 2 amide bonds. The molecule has 0 aliphatic carbocycles. The number of urea groups is 1. The molecule has 0 saturated carbocycles. The minimum absolute atomic E-state index is 0.0268. The van der Waals surface area contributed by atoms with Gasteiger partial charge in [0.15, 0.2) is 0 Å². The van der Waals surface area contributed by atoms with E-state index < -0.39 is 21.9 Å². The number of nitrogens with one attached hydrogen (secondary N) is 3. The van der Waals surface area contributed by atoms with Gasteiger partial charge in [-0.3, -0.25) is 0 Å². The normalized spacial score (nSPS) is 11.1. The van der Waals surface area contributed by atoms with Crippen LogP contribution in [0, 0.1) is 19.7 Å². The van der Waals surface area contributed by atoms with Gasteiger partial charge in [-0.25, -0.2) is 22.3 Å². The van der Waals surface area contributed by atoms with Gasteiger partial charge in [-0.05, 0) is 50.2 Å². The lowest BCUT2D eigenvalue weighted by Crippen LogP contribution is -2.20. The number of sulfonamides is 1. The zero-order valence-corrected chi connectivity index (χ0v) is 15.8. The third-order valence-corrected chi connectivity index (χ3v) is 5.28. The van der Waals surface area contributed by atoms with Crippen LogP contribution in [-0.4, -0.2) is 19.6 Å². The lowest BCUT2D eigenvalue weighted by molar-refractivity contribution is 0.262. The Morgan fingerprint density at radius 3 is 2.32 bits per heavy atom. The molecule has 10 heteroatoms. The van der Waals surface area contributed by atoms with Crippen LogP contribution in [0.4, 0.5) is 26.4 Å². The highest BCUT2D eigenvalue weighted by atomic mass is 32.2. The summed E-state index contributed by atoms with van der Waals surface area (Å²) in [6.45, 7) is 3.38. The van der Waals surface area contributed by atoms with Crippen molar-refractivity contribution in [3.8, 4) is 0 Å². The van der Waals surface area contributed by atoms with Gasteiger partial charge < -0.3 is 15.2 Å². The second-order valence-corrected chi connectivity index (χ2v) is 7.59. The van der Waals surface area contributed by atoms with Crippen molar-refractivity contribution in [2.45, 2.75) is 18.7 Å². The first-order valence-corrected chi connectivity index (χ1v) is 9.63. The zero-order chi connectivity index (χ0) is 20.3. The third kappa shape index (κ3) is 4.29. The number of hydrogen-bond acceptors (Lipinski definition) is 5. The van der Waals surface area contributed by atoms with Crippen molar-refractivity contribution in [3.63, 3.8) is 0 Å². The van der Waals surface area contributed by atoms with E-state index in [4.69, 9.17) is 4.52 Å². The molecule has 2 aromatic carbocycles. The fourth-order valence-corrected chi connectivity index (χ4v) is 3.30. The van der Waals surface area contributed by atoms with Crippen LogP contribution < -0.4 is 15.4 Å². The predicted molar refractivity (Wildman–Crippen MR) is 102 cm³/mol. The quantitative estimate of drug-likeness (QED) is 0.597. The average molecular weight is 404 g/mol. The lowest BCUT2D eigenvalue weighted by atomic mass is 10.3. The van der Waals surface area contributed by atoms with E-state index in [9.17, 15) is 17.6 Å². The van der Waals surface area contributed by atoms with E-state index in [0.29, 0.717) is 16.9 Å². The Balaban J connectivity index is 1.68. The first-order chi connectivity index (χ1) is 13.3. The molecule has 0 aliphatic heterocycles. The molecule has 0 unspecified atom stereocenters. The van der Waals surface area contributed by atoms with Gasteiger partial charge in [0, 0.05) is 11.3 Å². The van der Waals surface area contributed by atoms with Crippen LogP contribution in [0.15, 0.2) is 57.9 Å². The molecule has 0 saturated heterocycles. The summed E-state index contributed by atoms with van der Waals surface area (Å²) in [4.78, 5) is 11.9. The Morgan fingerprint density at radius 2 is 1.71 bits per heavy atom. The molecule has 3 rings (SSSR count). The molecule has 0 radical (unpaired) electrons. The molecule has 3 aromatic rings. The summed E-state index contributed by atoms with van der Waals surface area (Å²) in [5.41, 5.74) is 1.53. The molecule has 8 nitrogen and oxygen atoms in total. The maximum atomic E-state index is 13.6. The molecule has 0 atom stereocenters. The summed E-state index contributed by atoms with van der Waals surface area (Å²) in [7, 11) is -3.88. The van der Waals surface area contributed by atoms with E-state index in [1.807, 2.05) is 0 Å². The summed E-state index contributed by atoms with van der Waals surface area (Å²) in [5.74, 6) is -0.521. The van der Waals surface area contributed by atoms with Crippen molar-refractivity contribution >= 4 is 33.3 Å².